The summed E-state index contributed by atoms with van der Waals surface area (Å²) in [5, 5.41) is 13.3. The summed E-state index contributed by atoms with van der Waals surface area (Å²) >= 11 is 0. The highest BCUT2D eigenvalue weighted by Gasteiger charge is 2.49. The first-order valence-electron chi connectivity index (χ1n) is 8.61. The first kappa shape index (κ1) is 20.7. The Bertz CT molecular complexity index is 435. The van der Waals surface area contributed by atoms with Crippen LogP contribution in [0.5, 0.6) is 0 Å². The maximum atomic E-state index is 12.1. The molecule has 0 aliphatic heterocycles. The molecule has 1 rings (SSSR count). The number of hydrogen-bond donors (Lipinski definition) is 3. The van der Waals surface area contributed by atoms with Gasteiger partial charge >= 0.3 is 12.1 Å². The number of carbonyl (C=O) groups is 2. The molecule has 7 nitrogen and oxygen atoms in total. The maximum absolute atomic E-state index is 12.1. The van der Waals surface area contributed by atoms with Crippen LogP contribution < -0.4 is 11.1 Å². The van der Waals surface area contributed by atoms with Crippen molar-refractivity contribution in [3.8, 4) is 0 Å². The Labute approximate surface area is 144 Å². The van der Waals surface area contributed by atoms with Crippen LogP contribution in [0.4, 0.5) is 4.79 Å². The monoisotopic (exact) mass is 344 g/mol. The van der Waals surface area contributed by atoms with E-state index in [0.29, 0.717) is 0 Å². The molecule has 0 aromatic heterocycles. The van der Waals surface area contributed by atoms with Gasteiger partial charge in [0.25, 0.3) is 0 Å². The fourth-order valence-corrected chi connectivity index (χ4v) is 3.26. The van der Waals surface area contributed by atoms with Gasteiger partial charge in [0, 0.05) is 18.0 Å². The summed E-state index contributed by atoms with van der Waals surface area (Å²) in [5.74, 6) is -1.58. The van der Waals surface area contributed by atoms with Crippen molar-refractivity contribution < 1.29 is 24.2 Å². The number of methoxy groups -OCH3 is 1. The van der Waals surface area contributed by atoms with Crippen LogP contribution >= 0.6 is 0 Å². The van der Waals surface area contributed by atoms with Crippen LogP contribution in [0.1, 0.15) is 53.4 Å². The molecule has 24 heavy (non-hydrogen) atoms. The second-order valence-electron chi connectivity index (χ2n) is 7.49. The number of nitrogens with one attached hydrogen (secondary N) is 1. The Morgan fingerprint density at radius 1 is 1.38 bits per heavy atom. The van der Waals surface area contributed by atoms with Gasteiger partial charge in [0.1, 0.15) is 5.60 Å². The fourth-order valence-electron chi connectivity index (χ4n) is 3.26. The summed E-state index contributed by atoms with van der Waals surface area (Å²) < 4.78 is 10.0. The number of ether oxygens (including phenoxy) is 2. The predicted octanol–water partition coefficient (Wildman–Crippen LogP) is 1.57. The fraction of sp³-hybridized carbons (Fsp3) is 0.882. The number of esters is 1. The third-order valence-corrected chi connectivity index (χ3v) is 4.37. The van der Waals surface area contributed by atoms with E-state index in [1.807, 2.05) is 0 Å². The van der Waals surface area contributed by atoms with E-state index < -0.39 is 41.6 Å². The molecule has 0 radical (unpaired) electrons. The quantitative estimate of drug-likeness (QED) is 0.631. The number of carbonyl (C=O) groups excluding carboxylic acids is 2. The van der Waals surface area contributed by atoms with Crippen molar-refractivity contribution in [2.45, 2.75) is 77.2 Å². The SMILES string of the molecule is CCCC[C@H](N)[C@@H]1[C@H](O)[C@@H](C(=O)OC)C[C@H]1NC(=O)OC(C)(C)C. The van der Waals surface area contributed by atoms with Crippen molar-refractivity contribution in [1.29, 1.82) is 0 Å². The van der Waals surface area contributed by atoms with Crippen LogP contribution in [0.25, 0.3) is 0 Å². The second-order valence-corrected chi connectivity index (χ2v) is 7.49. The first-order valence-corrected chi connectivity index (χ1v) is 8.61. The van der Waals surface area contributed by atoms with E-state index in [-0.39, 0.29) is 12.5 Å². The lowest BCUT2D eigenvalue weighted by molar-refractivity contribution is -0.148. The van der Waals surface area contributed by atoms with E-state index in [1.165, 1.54) is 7.11 Å². The topological polar surface area (TPSA) is 111 Å². The van der Waals surface area contributed by atoms with Gasteiger partial charge in [-0.25, -0.2) is 4.79 Å². The lowest BCUT2D eigenvalue weighted by atomic mass is 9.88. The molecule has 1 amide bonds. The van der Waals surface area contributed by atoms with Crippen LogP contribution in [0.2, 0.25) is 0 Å². The van der Waals surface area contributed by atoms with Crippen LogP contribution in [0.15, 0.2) is 0 Å². The van der Waals surface area contributed by atoms with Crippen molar-refractivity contribution in [3.63, 3.8) is 0 Å². The van der Waals surface area contributed by atoms with Crippen molar-refractivity contribution in [3.05, 3.63) is 0 Å². The molecule has 0 saturated heterocycles. The zero-order valence-corrected chi connectivity index (χ0v) is 15.4. The number of hydrogen-bond acceptors (Lipinski definition) is 6. The first-order chi connectivity index (χ1) is 11.1. The molecule has 7 heteroatoms. The number of nitrogens with two attached hydrogens (primary N) is 1. The summed E-state index contributed by atoms with van der Waals surface area (Å²) in [4.78, 5) is 24.0. The van der Waals surface area contributed by atoms with E-state index in [2.05, 4.69) is 12.2 Å². The summed E-state index contributed by atoms with van der Waals surface area (Å²) in [6.45, 7) is 7.39. The van der Waals surface area contributed by atoms with Gasteiger partial charge in [-0.3, -0.25) is 4.79 Å². The average Bonchev–Trinajstić information content (AvgIpc) is 2.78. The number of aliphatic hydroxyl groups is 1. The molecule has 0 heterocycles. The van der Waals surface area contributed by atoms with E-state index in [0.717, 1.165) is 19.3 Å². The Morgan fingerprint density at radius 3 is 2.50 bits per heavy atom. The van der Waals surface area contributed by atoms with Gasteiger partial charge in [-0.2, -0.15) is 0 Å². The van der Waals surface area contributed by atoms with Gasteiger partial charge in [0.2, 0.25) is 0 Å². The molecule has 0 aromatic carbocycles. The molecule has 1 aliphatic rings. The molecule has 0 unspecified atom stereocenters. The van der Waals surface area contributed by atoms with E-state index in [4.69, 9.17) is 15.2 Å². The summed E-state index contributed by atoms with van der Waals surface area (Å²) in [6.07, 6.45) is 1.41. The summed E-state index contributed by atoms with van der Waals surface area (Å²) in [6, 6.07) is -0.736. The molecule has 4 N–H and O–H groups in total. The lowest BCUT2D eigenvalue weighted by Gasteiger charge is -2.29. The molecule has 1 saturated carbocycles. The third-order valence-electron chi connectivity index (χ3n) is 4.37. The minimum atomic E-state index is -0.941. The van der Waals surface area contributed by atoms with Crippen molar-refractivity contribution >= 4 is 12.1 Å². The number of unbranched alkanes of at least 4 members (excludes halogenated alkanes) is 1. The van der Waals surface area contributed by atoms with E-state index in [1.54, 1.807) is 20.8 Å². The third kappa shape index (κ3) is 5.63. The molecular weight excluding hydrogens is 312 g/mol. The highest BCUT2D eigenvalue weighted by atomic mass is 16.6. The predicted molar refractivity (Wildman–Crippen MR) is 90.3 cm³/mol. The zero-order valence-electron chi connectivity index (χ0n) is 15.4. The summed E-state index contributed by atoms with van der Waals surface area (Å²) in [5.41, 5.74) is 5.63. The van der Waals surface area contributed by atoms with Crippen LogP contribution in [0, 0.1) is 11.8 Å². The number of rotatable bonds is 6. The Balaban J connectivity index is 2.87. The minimum absolute atomic E-state index is 0.289. The lowest BCUT2D eigenvalue weighted by Crippen LogP contribution is -2.49. The zero-order chi connectivity index (χ0) is 18.5. The molecule has 140 valence electrons. The molecule has 5 atom stereocenters. The molecule has 0 bridgehead atoms. The van der Waals surface area contributed by atoms with E-state index in [9.17, 15) is 14.7 Å². The number of alkyl carbamates (subject to hydrolysis) is 1. The van der Waals surface area contributed by atoms with Gasteiger partial charge < -0.3 is 25.6 Å². The molecule has 1 aliphatic carbocycles. The van der Waals surface area contributed by atoms with Gasteiger partial charge in [0.15, 0.2) is 0 Å². The van der Waals surface area contributed by atoms with Crippen LogP contribution in [-0.2, 0) is 14.3 Å². The van der Waals surface area contributed by atoms with Gasteiger partial charge in [-0.1, -0.05) is 19.8 Å². The smallest absolute Gasteiger partial charge is 0.407 e. The Kier molecular flexibility index (Phi) is 7.48. The van der Waals surface area contributed by atoms with Crippen molar-refractivity contribution in [1.82, 2.24) is 5.32 Å². The number of aliphatic hydroxyl groups excluding tert-OH is 1. The Morgan fingerprint density at radius 2 is 2.00 bits per heavy atom. The molecule has 0 aromatic rings. The van der Waals surface area contributed by atoms with Gasteiger partial charge in [-0.15, -0.1) is 0 Å². The Hall–Kier alpha value is -1.34. The molecular formula is C17H32N2O5. The highest BCUT2D eigenvalue weighted by molar-refractivity contribution is 5.74. The molecule has 0 spiro atoms. The normalized spacial score (nSPS) is 28.3. The molecule has 1 fully saturated rings. The standard InChI is InChI=1S/C17H32N2O5/c1-6-7-8-11(18)13-12(19-16(22)24-17(2,3)4)9-10(14(13)20)15(21)23-5/h10-14,20H,6-9,18H2,1-5H3,(H,19,22)/t10-,11-,12+,13-,14+/m0/s1. The highest BCUT2D eigenvalue weighted by Crippen LogP contribution is 2.35. The largest absolute Gasteiger partial charge is 0.469 e. The van der Waals surface area contributed by atoms with Gasteiger partial charge in [0.05, 0.1) is 19.1 Å². The van der Waals surface area contributed by atoms with Crippen LogP contribution in [-0.4, -0.2) is 48.1 Å². The summed E-state index contributed by atoms with van der Waals surface area (Å²) in [7, 11) is 1.29. The second kappa shape index (κ2) is 8.67. The van der Waals surface area contributed by atoms with Crippen LogP contribution in [0.3, 0.4) is 0 Å². The maximum Gasteiger partial charge on any atom is 0.407 e. The minimum Gasteiger partial charge on any atom is -0.469 e. The van der Waals surface area contributed by atoms with Crippen molar-refractivity contribution in [2.75, 3.05) is 7.11 Å². The van der Waals surface area contributed by atoms with E-state index >= 15 is 0 Å². The van der Waals surface area contributed by atoms with Gasteiger partial charge in [-0.05, 0) is 33.6 Å². The number of amides is 1. The van der Waals surface area contributed by atoms with Crippen molar-refractivity contribution in [2.24, 2.45) is 17.6 Å². The average molecular weight is 344 g/mol.